The summed E-state index contributed by atoms with van der Waals surface area (Å²) in [6, 6.07) is 6.27. The number of aryl methyl sites for hydroxylation is 1. The second-order valence-electron chi connectivity index (χ2n) is 6.33. The highest BCUT2D eigenvalue weighted by Crippen LogP contribution is 2.38. The molecular formula is C19H22F2N2O3. The third kappa shape index (κ3) is 3.71. The number of hydrogen-bond donors (Lipinski definition) is 0. The van der Waals surface area contributed by atoms with Crippen LogP contribution >= 0.6 is 0 Å². The summed E-state index contributed by atoms with van der Waals surface area (Å²) in [4.78, 5) is 12.5. The van der Waals surface area contributed by atoms with E-state index in [0.29, 0.717) is 23.6 Å². The lowest BCUT2D eigenvalue weighted by Crippen LogP contribution is -2.13. The fourth-order valence-corrected chi connectivity index (χ4v) is 3.54. The Morgan fingerprint density at radius 1 is 1.27 bits per heavy atom. The van der Waals surface area contributed by atoms with Gasteiger partial charge in [0.15, 0.2) is 0 Å². The molecule has 1 aliphatic carbocycles. The number of carbonyl (C=O) groups is 1. The Morgan fingerprint density at radius 2 is 1.92 bits per heavy atom. The molecule has 7 heteroatoms. The first-order chi connectivity index (χ1) is 12.5. The highest BCUT2D eigenvalue weighted by Gasteiger charge is 2.30. The van der Waals surface area contributed by atoms with E-state index < -0.39 is 6.61 Å². The lowest BCUT2D eigenvalue weighted by Gasteiger charge is -2.15. The third-order valence-corrected chi connectivity index (χ3v) is 4.62. The molecule has 0 N–H and O–H groups in total. The van der Waals surface area contributed by atoms with E-state index in [1.165, 1.54) is 12.1 Å². The van der Waals surface area contributed by atoms with Gasteiger partial charge in [0.25, 0.3) is 0 Å². The number of benzene rings is 1. The number of rotatable bonds is 6. The van der Waals surface area contributed by atoms with Gasteiger partial charge in [-0.3, -0.25) is 0 Å². The first-order valence-electron chi connectivity index (χ1n) is 8.83. The molecule has 0 radical (unpaired) electrons. The van der Waals surface area contributed by atoms with E-state index in [4.69, 9.17) is 4.74 Å². The molecule has 1 aromatic heterocycles. The van der Waals surface area contributed by atoms with E-state index in [9.17, 15) is 13.6 Å². The minimum atomic E-state index is -2.86. The van der Waals surface area contributed by atoms with Crippen molar-refractivity contribution in [3.8, 4) is 11.4 Å². The van der Waals surface area contributed by atoms with Crippen molar-refractivity contribution >= 4 is 5.97 Å². The molecule has 1 saturated carbocycles. The Morgan fingerprint density at radius 3 is 2.50 bits per heavy atom. The lowest BCUT2D eigenvalue weighted by atomic mass is 9.98. The van der Waals surface area contributed by atoms with Gasteiger partial charge in [0.05, 0.1) is 23.7 Å². The van der Waals surface area contributed by atoms with Gasteiger partial charge in [-0.1, -0.05) is 12.8 Å². The van der Waals surface area contributed by atoms with Crippen molar-refractivity contribution in [1.82, 2.24) is 9.78 Å². The predicted octanol–water partition coefficient (Wildman–Crippen LogP) is 4.62. The highest BCUT2D eigenvalue weighted by atomic mass is 19.3. The fourth-order valence-electron chi connectivity index (χ4n) is 3.54. The third-order valence-electron chi connectivity index (χ3n) is 4.62. The number of hydrogen-bond acceptors (Lipinski definition) is 4. The van der Waals surface area contributed by atoms with E-state index in [2.05, 4.69) is 9.84 Å². The quantitative estimate of drug-likeness (QED) is 0.702. The first-order valence-corrected chi connectivity index (χ1v) is 8.83. The molecule has 0 amide bonds. The van der Waals surface area contributed by atoms with Crippen LogP contribution in [0.2, 0.25) is 0 Å². The fraction of sp³-hybridized carbons (Fsp3) is 0.474. The van der Waals surface area contributed by atoms with Crippen molar-refractivity contribution in [3.05, 3.63) is 41.2 Å². The van der Waals surface area contributed by atoms with Crippen molar-refractivity contribution in [3.63, 3.8) is 0 Å². The smallest absolute Gasteiger partial charge is 0.387 e. The average Bonchev–Trinajstić information content (AvgIpc) is 3.22. The largest absolute Gasteiger partial charge is 0.462 e. The number of halogens is 2. The van der Waals surface area contributed by atoms with Gasteiger partial charge in [-0.2, -0.15) is 13.9 Å². The molecule has 140 valence electrons. The van der Waals surface area contributed by atoms with Crippen LogP contribution in [0.5, 0.6) is 5.75 Å². The first kappa shape index (κ1) is 18.4. The van der Waals surface area contributed by atoms with Crippen LogP contribution < -0.4 is 4.74 Å². The maximum absolute atomic E-state index is 12.5. The highest BCUT2D eigenvalue weighted by molar-refractivity contribution is 5.92. The summed E-state index contributed by atoms with van der Waals surface area (Å²) in [6.07, 6.45) is 4.20. The second-order valence-corrected chi connectivity index (χ2v) is 6.33. The number of esters is 1. The standard InChI is InChI=1S/C19H22F2N2O3/c1-3-25-18(24)16-12(2)22-23(17(16)13-6-4-5-7-13)14-8-10-15(11-9-14)26-19(20)21/h8-11,13,19H,3-7H2,1-2H3. The van der Waals surface area contributed by atoms with Gasteiger partial charge >= 0.3 is 12.6 Å². The molecule has 2 aromatic rings. The molecule has 0 bridgehead atoms. The summed E-state index contributed by atoms with van der Waals surface area (Å²) >= 11 is 0. The molecule has 26 heavy (non-hydrogen) atoms. The van der Waals surface area contributed by atoms with Crippen molar-refractivity contribution in [2.75, 3.05) is 6.61 Å². The number of ether oxygens (including phenoxy) is 2. The molecule has 5 nitrogen and oxygen atoms in total. The van der Waals surface area contributed by atoms with Gasteiger partial charge in [-0.25, -0.2) is 9.48 Å². The van der Waals surface area contributed by atoms with Crippen molar-refractivity contribution in [1.29, 1.82) is 0 Å². The van der Waals surface area contributed by atoms with Crippen LogP contribution in [0, 0.1) is 6.92 Å². The topological polar surface area (TPSA) is 53.3 Å². The lowest BCUT2D eigenvalue weighted by molar-refractivity contribution is -0.0498. The zero-order chi connectivity index (χ0) is 18.7. The normalized spacial score (nSPS) is 14.8. The molecule has 0 aliphatic heterocycles. The minimum Gasteiger partial charge on any atom is -0.462 e. The number of alkyl halides is 2. The van der Waals surface area contributed by atoms with Crippen molar-refractivity contribution in [2.24, 2.45) is 0 Å². The number of aromatic nitrogens is 2. The number of carbonyl (C=O) groups excluding carboxylic acids is 1. The molecule has 1 heterocycles. The van der Waals surface area contributed by atoms with Gasteiger partial charge in [0.2, 0.25) is 0 Å². The average molecular weight is 364 g/mol. The Labute approximate surface area is 150 Å². The van der Waals surface area contributed by atoms with E-state index >= 15 is 0 Å². The van der Waals surface area contributed by atoms with Crippen molar-refractivity contribution in [2.45, 2.75) is 52.1 Å². The summed E-state index contributed by atoms with van der Waals surface area (Å²) in [5.41, 5.74) is 2.68. The summed E-state index contributed by atoms with van der Waals surface area (Å²) < 4.78 is 36.0. The molecule has 0 unspecified atom stereocenters. The maximum atomic E-state index is 12.5. The summed E-state index contributed by atoms with van der Waals surface area (Å²) in [5.74, 6) is -0.0518. The molecule has 1 aliphatic rings. The van der Waals surface area contributed by atoms with E-state index in [1.54, 1.807) is 30.7 Å². The molecule has 3 rings (SSSR count). The van der Waals surface area contributed by atoms with Crippen molar-refractivity contribution < 1.29 is 23.0 Å². The number of nitrogens with zero attached hydrogens (tertiary/aromatic N) is 2. The summed E-state index contributed by atoms with van der Waals surface area (Å²) in [5, 5.41) is 4.55. The van der Waals surface area contributed by atoms with E-state index in [1.807, 2.05) is 0 Å². The molecule has 1 aromatic carbocycles. The Balaban J connectivity index is 2.03. The van der Waals surface area contributed by atoms with E-state index in [-0.39, 0.29) is 17.6 Å². The predicted molar refractivity (Wildman–Crippen MR) is 92.1 cm³/mol. The van der Waals surface area contributed by atoms with Gasteiger partial charge in [-0.05, 0) is 51.0 Å². The zero-order valence-corrected chi connectivity index (χ0v) is 14.9. The zero-order valence-electron chi connectivity index (χ0n) is 14.9. The maximum Gasteiger partial charge on any atom is 0.387 e. The van der Waals surface area contributed by atoms with E-state index in [0.717, 1.165) is 31.4 Å². The molecule has 0 spiro atoms. The van der Waals surface area contributed by atoms with Crippen LogP contribution in [0.1, 0.15) is 60.3 Å². The Bertz CT molecular complexity index is 766. The van der Waals surface area contributed by atoms with Gasteiger partial charge in [0.1, 0.15) is 11.3 Å². The summed E-state index contributed by atoms with van der Waals surface area (Å²) in [6.45, 7) is 0.995. The molecule has 0 atom stereocenters. The summed E-state index contributed by atoms with van der Waals surface area (Å²) in [7, 11) is 0. The van der Waals surface area contributed by atoms with Gasteiger partial charge < -0.3 is 9.47 Å². The Hall–Kier alpha value is -2.44. The van der Waals surface area contributed by atoms with Crippen LogP contribution in [-0.4, -0.2) is 29.0 Å². The van der Waals surface area contributed by atoms with Crippen LogP contribution in [0.15, 0.2) is 24.3 Å². The van der Waals surface area contributed by atoms with Crippen LogP contribution in [0.3, 0.4) is 0 Å². The van der Waals surface area contributed by atoms with Crippen LogP contribution in [0.4, 0.5) is 8.78 Å². The van der Waals surface area contributed by atoms with Crippen LogP contribution in [-0.2, 0) is 4.74 Å². The van der Waals surface area contributed by atoms with Crippen LogP contribution in [0.25, 0.3) is 5.69 Å². The Kier molecular flexibility index (Phi) is 5.54. The monoisotopic (exact) mass is 364 g/mol. The molecule has 0 saturated heterocycles. The van der Waals surface area contributed by atoms with Gasteiger partial charge in [-0.15, -0.1) is 0 Å². The minimum absolute atomic E-state index is 0.0839. The SMILES string of the molecule is CCOC(=O)c1c(C)nn(-c2ccc(OC(F)F)cc2)c1C1CCCC1. The molecule has 1 fully saturated rings. The molecular weight excluding hydrogens is 342 g/mol. The van der Waals surface area contributed by atoms with Gasteiger partial charge in [0, 0.05) is 5.92 Å². The second kappa shape index (κ2) is 7.85.